The average Bonchev–Trinajstić information content (AvgIpc) is 0.762. The summed E-state index contributed by atoms with van der Waals surface area (Å²) in [6, 6.07) is 11.4. The molecule has 31 heteroatoms. The predicted molar refractivity (Wildman–Crippen MR) is 341 cm³/mol. The summed E-state index contributed by atoms with van der Waals surface area (Å²) < 4.78 is 96.3. The van der Waals surface area contributed by atoms with Gasteiger partial charge in [-0.05, 0) is 118 Å². The minimum absolute atomic E-state index is 0.0234. The van der Waals surface area contributed by atoms with Gasteiger partial charge in [0, 0.05) is 36.7 Å². The van der Waals surface area contributed by atoms with Crippen LogP contribution in [0.15, 0.2) is 115 Å². The van der Waals surface area contributed by atoms with Gasteiger partial charge < -0.3 is 90.3 Å². The van der Waals surface area contributed by atoms with Crippen molar-refractivity contribution in [3.05, 3.63) is 164 Å². The lowest BCUT2D eigenvalue weighted by molar-refractivity contribution is -0.174. The Morgan fingerprint density at radius 2 is 1.09 bits per heavy atom. The third-order valence-electron chi connectivity index (χ3n) is 16.4. The van der Waals surface area contributed by atoms with Gasteiger partial charge in [-0.1, -0.05) is 47.5 Å². The SMILES string of the molecule is CNC(=O)[C@H]1NC(=O)[C@H]2NC(=O)[C@H](NC(=O)[C@@H]3NC(=O)[C@H]4NC(=O)[C@@H](Cc5ccc(c(Cl)c5)Oc5cc3cc(c5OC)Oc3ccc(cc3Cl)[C@H]2O)NC(=O)[C@@H](NC(=O)C(F)(F)F)c2ccc(OC)c(c2)Oc2cc(OC)cc4c2)c2ccc(OC)c(c2)-c2c(OC)cc(OC)cc21. The molecule has 13 rings (SSSR count). The molecule has 0 fully saturated rings. The number of aliphatic hydroxyl groups excluding tert-OH is 1. The second kappa shape index (κ2) is 27.9. The third-order valence-corrected chi connectivity index (χ3v) is 17.0. The van der Waals surface area contributed by atoms with E-state index < -0.39 is 108 Å². The number of methoxy groups -OCH3 is 6. The number of hydrogen-bond acceptors (Lipinski definition) is 18. The maximum absolute atomic E-state index is 16.2. The first kappa shape index (κ1) is 68.2. The number of carbonyl (C=O) groups excluding carboxylic acids is 8. The van der Waals surface area contributed by atoms with E-state index in [-0.39, 0.29) is 129 Å². The van der Waals surface area contributed by atoms with E-state index in [9.17, 15) is 32.7 Å². The van der Waals surface area contributed by atoms with Gasteiger partial charge in [0.1, 0.15) is 88.6 Å². The van der Waals surface area contributed by atoms with Gasteiger partial charge in [-0.3, -0.25) is 38.4 Å². The van der Waals surface area contributed by atoms with Gasteiger partial charge in [-0.25, -0.2) is 0 Å². The molecule has 0 aliphatic carbocycles. The first-order chi connectivity index (χ1) is 46.8. The summed E-state index contributed by atoms with van der Waals surface area (Å²) in [5.74, 6) is -11.8. The number of halogens is 5. The van der Waals surface area contributed by atoms with Gasteiger partial charge in [0.15, 0.2) is 23.0 Å². The normalized spacial score (nSPS) is 20.6. The number of hydrogen-bond donors (Lipinski definition) is 9. The van der Waals surface area contributed by atoms with Crippen LogP contribution in [0.25, 0.3) is 11.1 Å². The molecule has 6 aliphatic heterocycles. The van der Waals surface area contributed by atoms with Crippen LogP contribution in [-0.2, 0) is 44.8 Å². The Kier molecular flexibility index (Phi) is 19.4. The zero-order valence-electron chi connectivity index (χ0n) is 52.6. The number of benzene rings is 7. The van der Waals surface area contributed by atoms with Crippen LogP contribution in [0, 0.1) is 0 Å². The van der Waals surface area contributed by atoms with Crippen molar-refractivity contribution in [2.24, 2.45) is 0 Å². The molecule has 0 saturated carbocycles. The van der Waals surface area contributed by atoms with E-state index in [1.807, 2.05) is 0 Å². The van der Waals surface area contributed by atoms with E-state index in [4.69, 9.17) is 65.8 Å². The topological polar surface area (TPSA) is 336 Å². The molecule has 0 aromatic heterocycles. The van der Waals surface area contributed by atoms with Gasteiger partial charge in [-0.15, -0.1) is 0 Å². The molecule has 6 heterocycles. The monoisotopic (exact) mass is 1390 g/mol. The Morgan fingerprint density at radius 3 is 1.70 bits per heavy atom. The molecule has 7 aromatic carbocycles. The standard InChI is InChI=1S/C67H59Cl2F3N8O18/c1-73-60(83)55-38-26-35(91-3)27-47(94-6)50(38)37-20-29(9-13-42(37)92-4)51-62(85)79-56(65(88)78-55)57(81)31-11-14-44(40(69)21-31)98-49-24-33-23-48(58(49)95-7)97-43-12-8-28(16-39(43)68)17-41-59(82)75-53(63(86)77-54(33)64(87)76-51)32-18-34(90-2)25-36(19-32)96-46-22-30(10-15-45(46)93-5)52(61(84)74-41)80-66(89)67(70,71)72/h8-16,18-27,41,51-57,81H,17H2,1-7H3,(H,73,83)(H,74,84)(H,75,82)(H,76,87)(H,77,86)(H,78,88)(H,79,85)(H,80,89)/t41-,51-,52+,53+,54-,55+,56+,57-/m1/s1. The van der Waals surface area contributed by atoms with Crippen molar-refractivity contribution in [3.63, 3.8) is 0 Å². The van der Waals surface area contributed by atoms with Crippen LogP contribution in [0.4, 0.5) is 13.2 Å². The molecule has 6 aliphatic rings. The minimum Gasteiger partial charge on any atom is -0.497 e. The van der Waals surface area contributed by atoms with Crippen LogP contribution in [0.2, 0.25) is 10.0 Å². The molecule has 0 unspecified atom stereocenters. The van der Waals surface area contributed by atoms with Gasteiger partial charge in [0.25, 0.3) is 0 Å². The van der Waals surface area contributed by atoms with Crippen molar-refractivity contribution < 1.29 is 99.3 Å². The quantitative estimate of drug-likeness (QED) is 0.0727. The zero-order valence-corrected chi connectivity index (χ0v) is 54.1. The average molecular weight is 1390 g/mol. The van der Waals surface area contributed by atoms with Crippen molar-refractivity contribution in [2.45, 2.75) is 61.0 Å². The van der Waals surface area contributed by atoms with Gasteiger partial charge in [0.2, 0.25) is 47.1 Å². The minimum atomic E-state index is -5.52. The molecule has 510 valence electrons. The fourth-order valence-corrected chi connectivity index (χ4v) is 12.1. The molecule has 8 amide bonds. The molecule has 0 saturated heterocycles. The number of nitrogens with one attached hydrogen (secondary N) is 8. The van der Waals surface area contributed by atoms with Crippen molar-refractivity contribution in [1.29, 1.82) is 0 Å². The van der Waals surface area contributed by atoms with E-state index in [0.717, 1.165) is 6.07 Å². The molecule has 26 nitrogen and oxygen atoms in total. The molecule has 0 radical (unpaired) electrons. The molecule has 0 spiro atoms. The summed E-state index contributed by atoms with van der Waals surface area (Å²) in [6.07, 6.45) is -8.06. The number of fused-ring (bicyclic) bond motifs is 14. The highest BCUT2D eigenvalue weighted by Crippen LogP contribution is 2.49. The number of aliphatic hydroxyl groups is 1. The van der Waals surface area contributed by atoms with E-state index in [0.29, 0.717) is 0 Å². The van der Waals surface area contributed by atoms with E-state index in [1.165, 1.54) is 159 Å². The molecule has 17 bridgehead atoms. The second-order valence-corrected chi connectivity index (χ2v) is 23.2. The van der Waals surface area contributed by atoms with Crippen molar-refractivity contribution in [1.82, 2.24) is 42.5 Å². The first-order valence-electron chi connectivity index (χ1n) is 29.6. The number of ether oxygens (including phenoxy) is 9. The summed E-state index contributed by atoms with van der Waals surface area (Å²) >= 11 is 14.0. The maximum atomic E-state index is 16.2. The van der Waals surface area contributed by atoms with Crippen LogP contribution in [0.1, 0.15) is 75.3 Å². The van der Waals surface area contributed by atoms with Crippen molar-refractivity contribution in [2.75, 3.05) is 49.7 Å². The number of alkyl halides is 3. The summed E-state index contributed by atoms with van der Waals surface area (Å²) in [4.78, 5) is 120. The Hall–Kier alpha value is -11.2. The fraction of sp³-hybridized carbons (Fsp3) is 0.254. The highest BCUT2D eigenvalue weighted by molar-refractivity contribution is 6.32. The number of amides is 8. The van der Waals surface area contributed by atoms with Crippen LogP contribution in [0.3, 0.4) is 0 Å². The van der Waals surface area contributed by atoms with Crippen molar-refractivity contribution in [3.8, 4) is 80.1 Å². The van der Waals surface area contributed by atoms with Gasteiger partial charge in [0.05, 0.1) is 52.7 Å². The van der Waals surface area contributed by atoms with Gasteiger partial charge in [-0.2, -0.15) is 13.2 Å². The molecule has 98 heavy (non-hydrogen) atoms. The number of likely N-dealkylation sites (N-methyl/N-ethyl adjacent to an activating group) is 1. The summed E-state index contributed by atoms with van der Waals surface area (Å²) in [5, 5.41) is 32.1. The Balaban J connectivity index is 1.16. The molecule has 7 aromatic rings. The van der Waals surface area contributed by atoms with Crippen LogP contribution in [-0.4, -0.2) is 120 Å². The lowest BCUT2D eigenvalue weighted by Crippen LogP contribution is -2.56. The fourth-order valence-electron chi connectivity index (χ4n) is 11.6. The molecule has 9 N–H and O–H groups in total. The first-order valence-corrected chi connectivity index (χ1v) is 30.4. The number of rotatable bonds is 8. The van der Waals surface area contributed by atoms with Crippen LogP contribution >= 0.6 is 23.2 Å². The lowest BCUT2D eigenvalue weighted by atomic mass is 9.89. The van der Waals surface area contributed by atoms with Crippen molar-refractivity contribution >= 4 is 70.5 Å². The van der Waals surface area contributed by atoms with Gasteiger partial charge >= 0.3 is 12.1 Å². The number of carbonyl (C=O) groups is 8. The van der Waals surface area contributed by atoms with Crippen LogP contribution < -0.4 is 85.2 Å². The largest absolute Gasteiger partial charge is 0.497 e. The highest BCUT2D eigenvalue weighted by atomic mass is 35.5. The Morgan fingerprint density at radius 1 is 0.520 bits per heavy atom. The highest BCUT2D eigenvalue weighted by Gasteiger charge is 2.44. The Bertz CT molecular complexity index is 4430. The molecular formula is C67H59Cl2F3N8O18. The molecule has 8 atom stereocenters. The summed E-state index contributed by atoms with van der Waals surface area (Å²) in [7, 11) is 9.09. The van der Waals surface area contributed by atoms with E-state index in [1.54, 1.807) is 5.32 Å². The van der Waals surface area contributed by atoms with E-state index >= 15 is 24.0 Å². The maximum Gasteiger partial charge on any atom is 0.471 e. The zero-order chi connectivity index (χ0) is 70.2. The summed E-state index contributed by atoms with van der Waals surface area (Å²) in [6.45, 7) is 0. The lowest BCUT2D eigenvalue weighted by Gasteiger charge is -2.32. The molecular weight excluding hydrogens is 1330 g/mol. The van der Waals surface area contributed by atoms with Crippen LogP contribution in [0.5, 0.6) is 69.0 Å². The third kappa shape index (κ3) is 13.7. The second-order valence-electron chi connectivity index (χ2n) is 22.4. The predicted octanol–water partition coefficient (Wildman–Crippen LogP) is 7.18. The summed E-state index contributed by atoms with van der Waals surface area (Å²) in [5.41, 5.74) is -0.293. The van der Waals surface area contributed by atoms with E-state index in [2.05, 4.69) is 37.2 Å². The Labute approximate surface area is 564 Å². The smallest absolute Gasteiger partial charge is 0.471 e.